The van der Waals surface area contributed by atoms with Crippen LogP contribution in [-0.2, 0) is 46.1 Å². The Morgan fingerprint density at radius 1 is 0.727 bits per heavy atom. The molecule has 1 amide bonds. The zero-order valence-corrected chi connectivity index (χ0v) is 31.4. The number of carbonyl (C=O) groups is 1. The molecule has 19 heteroatoms. The molecule has 0 spiro atoms. The van der Waals surface area contributed by atoms with Crippen molar-refractivity contribution in [1.29, 1.82) is 0 Å². The maximum Gasteiger partial charge on any atom is 0.457 e. The van der Waals surface area contributed by atoms with Gasteiger partial charge in [0.1, 0.15) is 23.8 Å². The first-order valence-corrected chi connectivity index (χ1v) is 19.2. The number of nitrogens with zero attached hydrogens (tertiary/aromatic N) is 4. The zero-order chi connectivity index (χ0) is 39.0. The molecule has 0 aliphatic heterocycles. The Bertz CT molecular complexity index is 1690. The number of aliphatic imine (C=N–C) groups is 1. The van der Waals surface area contributed by atoms with Gasteiger partial charge in [-0.15, -0.1) is 5.10 Å². The first-order chi connectivity index (χ1) is 26.8. The van der Waals surface area contributed by atoms with Gasteiger partial charge < -0.3 is 60.0 Å². The Hall–Kier alpha value is -5.07. The van der Waals surface area contributed by atoms with Crippen LogP contribution >= 0.6 is 7.60 Å². The highest BCUT2D eigenvalue weighted by Gasteiger charge is 2.42. The number of ether oxygens (including phenoxy) is 6. The Kier molecular flexibility index (Phi) is 18.9. The molecular formula is C36H49N8O10P. The van der Waals surface area contributed by atoms with Crippen molar-refractivity contribution in [3.05, 3.63) is 102 Å². The Balaban J connectivity index is 1.21. The van der Waals surface area contributed by atoms with Gasteiger partial charge in [0.05, 0.1) is 84.5 Å². The van der Waals surface area contributed by atoms with Gasteiger partial charge in [0.15, 0.2) is 11.7 Å². The lowest BCUT2D eigenvalue weighted by atomic mass is 10.2. The van der Waals surface area contributed by atoms with E-state index in [2.05, 4.69) is 20.6 Å². The van der Waals surface area contributed by atoms with Crippen molar-refractivity contribution in [2.24, 2.45) is 22.2 Å². The third-order valence-electron chi connectivity index (χ3n) is 7.13. The highest BCUT2D eigenvalue weighted by molar-refractivity contribution is 7.55. The van der Waals surface area contributed by atoms with E-state index in [4.69, 9.17) is 54.7 Å². The minimum absolute atomic E-state index is 0.0800. The molecule has 0 bridgehead atoms. The number of nitrogens with one attached hydrogen (secondary N) is 1. The lowest BCUT2D eigenvalue weighted by molar-refractivity contribution is 0.0141. The van der Waals surface area contributed by atoms with E-state index >= 15 is 0 Å². The number of rotatable bonds is 27. The molecule has 7 N–H and O–H groups in total. The quantitative estimate of drug-likeness (QED) is 0.0293. The summed E-state index contributed by atoms with van der Waals surface area (Å²) < 4.78 is 61.2. The van der Waals surface area contributed by atoms with Crippen molar-refractivity contribution in [2.45, 2.75) is 18.9 Å². The summed E-state index contributed by atoms with van der Waals surface area (Å²) in [6.07, 6.45) is 0.903. The van der Waals surface area contributed by atoms with Gasteiger partial charge in [-0.05, 0) is 42.0 Å². The smallest absolute Gasteiger partial charge is 0.447 e. The Labute approximate surface area is 319 Å². The molecule has 0 radical (unpaired) electrons. The number of guanidine groups is 1. The van der Waals surface area contributed by atoms with E-state index in [9.17, 15) is 9.36 Å². The number of alkyl carbamates (subject to hydrolysis) is 1. The van der Waals surface area contributed by atoms with Crippen molar-refractivity contribution in [3.8, 4) is 11.5 Å². The van der Waals surface area contributed by atoms with Gasteiger partial charge in [-0.3, -0.25) is 0 Å². The second kappa shape index (κ2) is 24.4. The Morgan fingerprint density at radius 2 is 1.27 bits per heavy atom. The van der Waals surface area contributed by atoms with Crippen LogP contribution in [0.4, 0.5) is 10.5 Å². The molecule has 3 aromatic carbocycles. The van der Waals surface area contributed by atoms with Crippen LogP contribution in [0.1, 0.15) is 17.0 Å². The van der Waals surface area contributed by atoms with E-state index in [1.54, 1.807) is 95.8 Å². The summed E-state index contributed by atoms with van der Waals surface area (Å²) in [5.41, 5.74) is 17.9. The van der Waals surface area contributed by atoms with Gasteiger partial charge in [-0.25, -0.2) is 19.0 Å². The first kappa shape index (κ1) is 42.7. The average molecular weight is 785 g/mol. The minimum atomic E-state index is -4.26. The van der Waals surface area contributed by atoms with Crippen LogP contribution in [0.3, 0.4) is 0 Å². The topological polar surface area (TPSA) is 241 Å². The van der Waals surface area contributed by atoms with E-state index in [0.717, 1.165) is 0 Å². The fraction of sp³-hybridized carbons (Fsp3) is 0.389. The van der Waals surface area contributed by atoms with Crippen LogP contribution in [0.25, 0.3) is 0 Å². The van der Waals surface area contributed by atoms with Gasteiger partial charge in [0.2, 0.25) is 0 Å². The van der Waals surface area contributed by atoms with Gasteiger partial charge in [-0.1, -0.05) is 53.7 Å². The number of nitrogens with two attached hydrogens (primary N) is 3. The highest BCUT2D eigenvalue weighted by Crippen LogP contribution is 2.59. The van der Waals surface area contributed by atoms with Gasteiger partial charge in [0, 0.05) is 6.54 Å². The maximum atomic E-state index is 14.7. The molecule has 0 fully saturated rings. The SMILES string of the molecule is NCCOCCOCCOCCn1cc(COCCOCCOC(=O)NC(c2ccc(N=C(N)N)cc2)P(=O)(Oc2ccccc2)Oc2ccccc2)nn1. The third kappa shape index (κ3) is 16.5. The van der Waals surface area contributed by atoms with Crippen LogP contribution in [-0.4, -0.2) is 99.7 Å². The largest absolute Gasteiger partial charge is 0.457 e. The zero-order valence-electron chi connectivity index (χ0n) is 30.5. The molecule has 4 aromatic rings. The molecule has 0 saturated heterocycles. The van der Waals surface area contributed by atoms with Crippen molar-refractivity contribution < 1.29 is 46.8 Å². The van der Waals surface area contributed by atoms with E-state index in [1.165, 1.54) is 0 Å². The number of benzene rings is 3. The third-order valence-corrected chi connectivity index (χ3v) is 9.12. The fourth-order valence-electron chi connectivity index (χ4n) is 4.65. The van der Waals surface area contributed by atoms with Crippen LogP contribution in [0, 0.1) is 0 Å². The number of hydrogen-bond acceptors (Lipinski definition) is 14. The molecule has 0 saturated carbocycles. The summed E-state index contributed by atoms with van der Waals surface area (Å²) >= 11 is 0. The highest BCUT2D eigenvalue weighted by atomic mass is 31.2. The first-order valence-electron chi connectivity index (χ1n) is 17.5. The number of para-hydroxylation sites is 2. The molecule has 0 aliphatic rings. The normalized spacial score (nSPS) is 11.8. The average Bonchev–Trinajstić information content (AvgIpc) is 3.64. The molecule has 18 nitrogen and oxygen atoms in total. The predicted octanol–water partition coefficient (Wildman–Crippen LogP) is 3.50. The van der Waals surface area contributed by atoms with E-state index in [0.29, 0.717) is 69.7 Å². The maximum absolute atomic E-state index is 14.7. The molecule has 4 rings (SSSR count). The summed E-state index contributed by atoms with van der Waals surface area (Å²) in [4.78, 5) is 17.1. The lowest BCUT2D eigenvalue weighted by Gasteiger charge is -2.28. The number of amides is 1. The van der Waals surface area contributed by atoms with E-state index in [1.807, 2.05) is 0 Å². The summed E-state index contributed by atoms with van der Waals surface area (Å²) in [6, 6.07) is 23.4. The molecule has 0 aliphatic carbocycles. The molecule has 1 heterocycles. The molecule has 1 aromatic heterocycles. The molecular weight excluding hydrogens is 735 g/mol. The lowest BCUT2D eigenvalue weighted by Crippen LogP contribution is -2.32. The summed E-state index contributed by atoms with van der Waals surface area (Å²) in [7, 11) is -4.26. The van der Waals surface area contributed by atoms with Crippen molar-refractivity contribution in [1.82, 2.24) is 20.3 Å². The molecule has 1 unspecified atom stereocenters. The van der Waals surface area contributed by atoms with Crippen molar-refractivity contribution in [2.75, 3.05) is 72.6 Å². The molecule has 298 valence electrons. The van der Waals surface area contributed by atoms with Crippen LogP contribution in [0.2, 0.25) is 0 Å². The van der Waals surface area contributed by atoms with Crippen LogP contribution in [0.5, 0.6) is 11.5 Å². The van der Waals surface area contributed by atoms with Crippen LogP contribution in [0.15, 0.2) is 96.1 Å². The summed E-state index contributed by atoms with van der Waals surface area (Å²) in [5.74, 6) is -0.912. The van der Waals surface area contributed by atoms with Gasteiger partial charge >= 0.3 is 13.7 Å². The van der Waals surface area contributed by atoms with Crippen LogP contribution < -0.4 is 31.6 Å². The second-order valence-electron chi connectivity index (χ2n) is 11.4. The fourth-order valence-corrected chi connectivity index (χ4v) is 6.53. The monoisotopic (exact) mass is 784 g/mol. The number of hydrogen-bond donors (Lipinski definition) is 4. The standard InChI is InChI=1S/C36H49N8O10P/c37-15-17-47-19-21-49-22-20-48-18-16-44-27-31(42-43-44)28-51-24-23-50-25-26-52-36(45)41-34(29-11-13-30(14-12-29)40-35(38)39)55(46,53-32-7-3-1-4-8-32)54-33-9-5-2-6-10-33/h1-14,27,34H,15-26,28,37H2,(H,41,45)(H4,38,39,40). The van der Waals surface area contributed by atoms with Crippen molar-refractivity contribution >= 4 is 25.3 Å². The Morgan fingerprint density at radius 3 is 1.85 bits per heavy atom. The van der Waals surface area contributed by atoms with Gasteiger partial charge in [0.25, 0.3) is 0 Å². The second-order valence-corrected chi connectivity index (χ2v) is 13.4. The summed E-state index contributed by atoms with van der Waals surface area (Å²) in [5, 5.41) is 10.8. The molecule has 1 atom stereocenters. The minimum Gasteiger partial charge on any atom is -0.447 e. The van der Waals surface area contributed by atoms with Gasteiger partial charge in [-0.2, -0.15) is 0 Å². The summed E-state index contributed by atoms with van der Waals surface area (Å²) in [6.45, 7) is 4.68. The number of carbonyl (C=O) groups excluding carboxylic acids is 1. The number of aromatic nitrogens is 3. The predicted molar refractivity (Wildman–Crippen MR) is 203 cm³/mol. The molecule has 55 heavy (non-hydrogen) atoms. The van der Waals surface area contributed by atoms with E-state index < -0.39 is 19.5 Å². The van der Waals surface area contributed by atoms with E-state index in [-0.39, 0.29) is 50.5 Å². The van der Waals surface area contributed by atoms with Crippen molar-refractivity contribution in [3.63, 3.8) is 0 Å².